The molecule has 2 aromatic rings. The Morgan fingerprint density at radius 1 is 1.03 bits per heavy atom. The van der Waals surface area contributed by atoms with Gasteiger partial charge in [-0.1, -0.05) is 0 Å². The van der Waals surface area contributed by atoms with Crippen LogP contribution in [0.1, 0.15) is 24.2 Å². The molecule has 7 heteroatoms. The number of Topliss-reactive ketones (excluding diaryl/α,β-unsaturated/α-hetero) is 1. The molecule has 2 heterocycles. The number of piperazine rings is 1. The van der Waals surface area contributed by atoms with Crippen molar-refractivity contribution < 1.29 is 24.0 Å². The number of hydrogen-bond donors (Lipinski definition) is 2. The average molecular weight is 396 g/mol. The molecule has 0 bridgehead atoms. The Bertz CT molecular complexity index is 905. The topological polar surface area (TPSA) is 72.3 Å². The summed E-state index contributed by atoms with van der Waals surface area (Å²) in [5.41, 5.74) is 2.56. The van der Waals surface area contributed by atoms with Crippen molar-refractivity contribution in [3.05, 3.63) is 48.0 Å². The summed E-state index contributed by atoms with van der Waals surface area (Å²) in [5, 5.41) is 2.99. The predicted molar refractivity (Wildman–Crippen MR) is 110 cm³/mol. The second kappa shape index (κ2) is 8.13. The van der Waals surface area contributed by atoms with Crippen molar-refractivity contribution in [2.24, 2.45) is 0 Å². The van der Waals surface area contributed by atoms with Gasteiger partial charge in [0.1, 0.15) is 0 Å². The Hall–Kier alpha value is -3.06. The molecule has 4 rings (SSSR count). The summed E-state index contributed by atoms with van der Waals surface area (Å²) in [6, 6.07) is 13.0. The fourth-order valence-corrected chi connectivity index (χ4v) is 3.80. The number of rotatable bonds is 5. The third-order valence-electron chi connectivity index (χ3n) is 5.69. The van der Waals surface area contributed by atoms with Crippen LogP contribution in [0.25, 0.3) is 0 Å². The van der Waals surface area contributed by atoms with E-state index in [1.54, 1.807) is 13.0 Å². The summed E-state index contributed by atoms with van der Waals surface area (Å²) < 4.78 is 10.7. The monoisotopic (exact) mass is 396 g/mol. The van der Waals surface area contributed by atoms with Gasteiger partial charge in [0.05, 0.1) is 26.2 Å². The summed E-state index contributed by atoms with van der Waals surface area (Å²) in [6.07, 6.45) is 0. The summed E-state index contributed by atoms with van der Waals surface area (Å²) in [5.74, 6) is 1.44. The van der Waals surface area contributed by atoms with Crippen molar-refractivity contribution in [2.75, 3.05) is 43.2 Å². The highest BCUT2D eigenvalue weighted by Gasteiger charge is 2.29. The number of quaternary nitrogens is 1. The number of nitrogens with zero attached hydrogens (tertiary/aromatic N) is 1. The molecule has 0 spiro atoms. The minimum atomic E-state index is -0.150. The smallest absolute Gasteiger partial charge is 0.282 e. The van der Waals surface area contributed by atoms with E-state index >= 15 is 0 Å². The molecule has 2 aromatic carbocycles. The van der Waals surface area contributed by atoms with E-state index in [4.69, 9.17) is 9.47 Å². The molecular formula is C22H26N3O4+. The number of ether oxygens (including phenoxy) is 2. The van der Waals surface area contributed by atoms with Gasteiger partial charge in [-0.05, 0) is 50.2 Å². The number of anilines is 2. The highest BCUT2D eigenvalue weighted by molar-refractivity contribution is 5.94. The lowest BCUT2D eigenvalue weighted by Gasteiger charge is -2.36. The maximum atomic E-state index is 12.7. The maximum absolute atomic E-state index is 12.7. The number of ketones is 1. The van der Waals surface area contributed by atoms with Gasteiger partial charge in [0.25, 0.3) is 5.91 Å². The first-order chi connectivity index (χ1) is 14.0. The first-order valence-electron chi connectivity index (χ1n) is 9.92. The second-order valence-electron chi connectivity index (χ2n) is 7.53. The van der Waals surface area contributed by atoms with Crippen LogP contribution in [-0.4, -0.2) is 50.7 Å². The van der Waals surface area contributed by atoms with E-state index in [2.05, 4.69) is 10.2 Å². The summed E-state index contributed by atoms with van der Waals surface area (Å²) in [7, 11) is 0. The Kier molecular flexibility index (Phi) is 5.40. The molecule has 7 nitrogen and oxygen atoms in total. The Balaban J connectivity index is 1.31. The number of fused-ring (bicyclic) bond motifs is 1. The zero-order chi connectivity index (χ0) is 20.4. The van der Waals surface area contributed by atoms with Crippen molar-refractivity contribution in [3.8, 4) is 11.5 Å². The highest BCUT2D eigenvalue weighted by Crippen LogP contribution is 2.34. The first-order valence-corrected chi connectivity index (χ1v) is 9.92. The minimum Gasteiger partial charge on any atom is -0.454 e. The van der Waals surface area contributed by atoms with Crippen LogP contribution in [-0.2, 0) is 4.79 Å². The van der Waals surface area contributed by atoms with Gasteiger partial charge in [-0.25, -0.2) is 0 Å². The number of amides is 1. The average Bonchev–Trinajstić information content (AvgIpc) is 3.21. The van der Waals surface area contributed by atoms with Crippen LogP contribution in [0.15, 0.2) is 42.5 Å². The molecule has 1 amide bonds. The molecule has 1 fully saturated rings. The molecule has 152 valence electrons. The van der Waals surface area contributed by atoms with Crippen LogP contribution in [0.4, 0.5) is 11.4 Å². The van der Waals surface area contributed by atoms with Crippen molar-refractivity contribution in [2.45, 2.75) is 19.9 Å². The van der Waals surface area contributed by atoms with Gasteiger partial charge in [0, 0.05) is 23.0 Å². The summed E-state index contributed by atoms with van der Waals surface area (Å²) >= 11 is 0. The Morgan fingerprint density at radius 3 is 2.41 bits per heavy atom. The SMILES string of the molecule is CC(=O)c1ccc(N2CC[NH+]([C@@H](C)C(=O)Nc3ccc4c(c3)OCO4)CC2)cc1. The molecule has 1 saturated heterocycles. The van der Waals surface area contributed by atoms with Gasteiger partial charge in [-0.2, -0.15) is 0 Å². The highest BCUT2D eigenvalue weighted by atomic mass is 16.7. The predicted octanol–water partition coefficient (Wildman–Crippen LogP) is 1.35. The Labute approximate surface area is 170 Å². The zero-order valence-electron chi connectivity index (χ0n) is 16.7. The minimum absolute atomic E-state index is 0.00173. The summed E-state index contributed by atoms with van der Waals surface area (Å²) in [6.45, 7) is 7.26. The third-order valence-corrected chi connectivity index (χ3v) is 5.69. The molecule has 0 radical (unpaired) electrons. The molecular weight excluding hydrogens is 370 g/mol. The van der Waals surface area contributed by atoms with Gasteiger partial charge >= 0.3 is 0 Å². The van der Waals surface area contributed by atoms with E-state index in [0.29, 0.717) is 11.5 Å². The van der Waals surface area contributed by atoms with Gasteiger partial charge in [0.2, 0.25) is 6.79 Å². The van der Waals surface area contributed by atoms with Crippen LogP contribution < -0.4 is 24.6 Å². The Morgan fingerprint density at radius 2 is 1.72 bits per heavy atom. The lowest BCUT2D eigenvalue weighted by Crippen LogP contribution is -3.19. The zero-order valence-corrected chi connectivity index (χ0v) is 16.7. The number of nitrogens with one attached hydrogen (secondary N) is 2. The van der Waals surface area contributed by atoms with Gasteiger partial charge in [0.15, 0.2) is 23.3 Å². The molecule has 0 unspecified atom stereocenters. The summed E-state index contributed by atoms with van der Waals surface area (Å²) in [4.78, 5) is 27.7. The fraction of sp³-hybridized carbons (Fsp3) is 0.364. The molecule has 2 aliphatic heterocycles. The van der Waals surface area contributed by atoms with Crippen LogP contribution >= 0.6 is 0 Å². The molecule has 0 saturated carbocycles. The van der Waals surface area contributed by atoms with Gasteiger partial charge in [-0.3, -0.25) is 9.59 Å². The van der Waals surface area contributed by atoms with E-state index in [9.17, 15) is 9.59 Å². The van der Waals surface area contributed by atoms with E-state index in [-0.39, 0.29) is 24.5 Å². The van der Waals surface area contributed by atoms with Crippen LogP contribution in [0.3, 0.4) is 0 Å². The lowest BCUT2D eigenvalue weighted by atomic mass is 10.1. The lowest BCUT2D eigenvalue weighted by molar-refractivity contribution is -0.914. The molecule has 1 atom stereocenters. The van der Waals surface area contributed by atoms with Crippen LogP contribution in [0.5, 0.6) is 11.5 Å². The quantitative estimate of drug-likeness (QED) is 0.747. The van der Waals surface area contributed by atoms with Crippen LogP contribution in [0.2, 0.25) is 0 Å². The van der Waals surface area contributed by atoms with E-state index in [0.717, 1.165) is 43.1 Å². The first kappa shape index (κ1) is 19.3. The second-order valence-corrected chi connectivity index (χ2v) is 7.53. The third kappa shape index (κ3) is 4.19. The van der Waals surface area contributed by atoms with E-state index in [1.807, 2.05) is 43.3 Å². The number of hydrogen-bond acceptors (Lipinski definition) is 5. The van der Waals surface area contributed by atoms with Crippen molar-refractivity contribution in [1.29, 1.82) is 0 Å². The normalized spacial score (nSPS) is 17.1. The van der Waals surface area contributed by atoms with E-state index < -0.39 is 0 Å². The molecule has 2 N–H and O–H groups in total. The van der Waals surface area contributed by atoms with Crippen LogP contribution in [0, 0.1) is 0 Å². The molecule has 2 aliphatic rings. The largest absolute Gasteiger partial charge is 0.454 e. The number of carbonyl (C=O) groups excluding carboxylic acids is 2. The fourth-order valence-electron chi connectivity index (χ4n) is 3.80. The number of carbonyl (C=O) groups is 2. The van der Waals surface area contributed by atoms with Gasteiger partial charge < -0.3 is 24.6 Å². The van der Waals surface area contributed by atoms with E-state index in [1.165, 1.54) is 4.90 Å². The van der Waals surface area contributed by atoms with Crippen molar-refractivity contribution >= 4 is 23.1 Å². The molecule has 0 aromatic heterocycles. The molecule has 0 aliphatic carbocycles. The molecule has 29 heavy (non-hydrogen) atoms. The van der Waals surface area contributed by atoms with Crippen molar-refractivity contribution in [3.63, 3.8) is 0 Å². The standard InChI is InChI=1S/C22H25N3O4/c1-15(22(27)23-18-5-8-20-21(13-18)29-14-28-20)24-9-11-25(12-10-24)19-6-3-17(4-7-19)16(2)26/h3-8,13,15H,9-12,14H2,1-2H3,(H,23,27)/p+1/t15-/m0/s1. The van der Waals surface area contributed by atoms with Gasteiger partial charge in [-0.15, -0.1) is 0 Å². The maximum Gasteiger partial charge on any atom is 0.282 e. The number of benzene rings is 2. The van der Waals surface area contributed by atoms with Crippen molar-refractivity contribution in [1.82, 2.24) is 0 Å².